The number of carbonyl (C=O) groups excluding carboxylic acids is 2. The van der Waals surface area contributed by atoms with E-state index in [1.54, 1.807) is 4.90 Å². The van der Waals surface area contributed by atoms with Gasteiger partial charge in [-0.2, -0.15) is 0 Å². The number of halogens is 1. The summed E-state index contributed by atoms with van der Waals surface area (Å²) in [5.74, 6) is -0.506. The first-order valence-corrected chi connectivity index (χ1v) is 7.97. The number of Topliss-reactive ketones (excluding diaryl/α,β-unsaturated/α-hetero) is 1. The highest BCUT2D eigenvalue weighted by molar-refractivity contribution is 9.10. The average Bonchev–Trinajstić information content (AvgIpc) is 2.96. The standard InChI is InChI=1S/C16H18BrNO2/c1-3-10-7-9(2)8-11(17)13(10)14-15(19)12-5-4-6-18(12)16(14)20/h7-8,12,14H,3-6H2,1-2H3. The van der Waals surface area contributed by atoms with Gasteiger partial charge in [0.05, 0.1) is 6.04 Å². The zero-order valence-electron chi connectivity index (χ0n) is 11.8. The molecule has 0 aliphatic carbocycles. The first-order valence-electron chi connectivity index (χ1n) is 7.17. The minimum Gasteiger partial charge on any atom is -0.332 e. The highest BCUT2D eigenvalue weighted by Crippen LogP contribution is 2.40. The van der Waals surface area contributed by atoms with E-state index in [1.165, 1.54) is 0 Å². The second-order valence-electron chi connectivity index (χ2n) is 5.70. The lowest BCUT2D eigenvalue weighted by Gasteiger charge is -2.17. The Hall–Kier alpha value is -1.16. The fourth-order valence-electron chi connectivity index (χ4n) is 3.51. The lowest BCUT2D eigenvalue weighted by molar-refractivity contribution is -0.129. The minimum absolute atomic E-state index is 0.00301. The molecule has 2 saturated heterocycles. The second-order valence-corrected chi connectivity index (χ2v) is 6.55. The number of hydrogen-bond donors (Lipinski definition) is 0. The van der Waals surface area contributed by atoms with Gasteiger partial charge in [-0.25, -0.2) is 0 Å². The highest BCUT2D eigenvalue weighted by atomic mass is 79.9. The van der Waals surface area contributed by atoms with Crippen LogP contribution in [-0.2, 0) is 16.0 Å². The summed E-state index contributed by atoms with van der Waals surface area (Å²) >= 11 is 3.56. The van der Waals surface area contributed by atoms with Crippen molar-refractivity contribution in [2.45, 2.75) is 45.1 Å². The van der Waals surface area contributed by atoms with Gasteiger partial charge in [0.1, 0.15) is 5.92 Å². The van der Waals surface area contributed by atoms with E-state index < -0.39 is 5.92 Å². The molecule has 4 heteroatoms. The SMILES string of the molecule is CCc1cc(C)cc(Br)c1C1C(=O)C2CCCN2C1=O. The van der Waals surface area contributed by atoms with Crippen LogP contribution in [0.1, 0.15) is 42.4 Å². The molecule has 3 nitrogen and oxygen atoms in total. The Morgan fingerprint density at radius 2 is 2.10 bits per heavy atom. The summed E-state index contributed by atoms with van der Waals surface area (Å²) in [5.41, 5.74) is 3.14. The first kappa shape index (κ1) is 13.8. The van der Waals surface area contributed by atoms with E-state index in [-0.39, 0.29) is 17.7 Å². The predicted octanol–water partition coefficient (Wildman–Crippen LogP) is 2.98. The van der Waals surface area contributed by atoms with Crippen LogP contribution in [0, 0.1) is 6.92 Å². The van der Waals surface area contributed by atoms with E-state index in [0.29, 0.717) is 0 Å². The van der Waals surface area contributed by atoms with Crippen molar-refractivity contribution in [2.24, 2.45) is 0 Å². The molecule has 3 rings (SSSR count). The number of ketones is 1. The van der Waals surface area contributed by atoms with E-state index >= 15 is 0 Å². The molecule has 2 unspecified atom stereocenters. The van der Waals surface area contributed by atoms with Gasteiger partial charge in [-0.3, -0.25) is 9.59 Å². The van der Waals surface area contributed by atoms with Gasteiger partial charge in [0.15, 0.2) is 5.78 Å². The number of hydrogen-bond acceptors (Lipinski definition) is 2. The fourth-order valence-corrected chi connectivity index (χ4v) is 4.36. The molecule has 0 spiro atoms. The molecule has 0 radical (unpaired) electrons. The van der Waals surface area contributed by atoms with Crippen LogP contribution in [0.5, 0.6) is 0 Å². The lowest BCUT2D eigenvalue weighted by Crippen LogP contribution is -2.29. The fraction of sp³-hybridized carbons (Fsp3) is 0.500. The molecule has 0 aromatic heterocycles. The third-order valence-corrected chi connectivity index (χ3v) is 5.08. The maximum Gasteiger partial charge on any atom is 0.238 e. The van der Waals surface area contributed by atoms with Gasteiger partial charge in [-0.05, 0) is 48.9 Å². The van der Waals surface area contributed by atoms with Crippen LogP contribution in [0.15, 0.2) is 16.6 Å². The summed E-state index contributed by atoms with van der Waals surface area (Å²) in [6, 6.07) is 3.91. The summed E-state index contributed by atoms with van der Waals surface area (Å²) in [7, 11) is 0. The summed E-state index contributed by atoms with van der Waals surface area (Å²) in [5, 5.41) is 0. The van der Waals surface area contributed by atoms with Crippen molar-refractivity contribution in [2.75, 3.05) is 6.54 Å². The Morgan fingerprint density at radius 1 is 1.35 bits per heavy atom. The smallest absolute Gasteiger partial charge is 0.238 e. The first-order chi connectivity index (χ1) is 9.54. The zero-order chi connectivity index (χ0) is 14.4. The number of rotatable bonds is 2. The molecule has 1 amide bonds. The minimum atomic E-state index is -0.592. The quantitative estimate of drug-likeness (QED) is 0.779. The number of amides is 1. The maximum absolute atomic E-state index is 12.6. The topological polar surface area (TPSA) is 37.4 Å². The van der Waals surface area contributed by atoms with E-state index in [4.69, 9.17) is 0 Å². The second kappa shape index (κ2) is 4.99. The summed E-state index contributed by atoms with van der Waals surface area (Å²) in [6.45, 7) is 4.83. The van der Waals surface area contributed by atoms with Crippen LogP contribution >= 0.6 is 15.9 Å². The molecule has 2 aliphatic heterocycles. The van der Waals surface area contributed by atoms with Crippen molar-refractivity contribution >= 4 is 27.6 Å². The summed E-state index contributed by atoms with van der Waals surface area (Å²) in [4.78, 5) is 27.0. The van der Waals surface area contributed by atoms with Gasteiger partial charge in [0.2, 0.25) is 5.91 Å². The Bertz CT molecular complexity index is 574. The third kappa shape index (κ3) is 1.93. The van der Waals surface area contributed by atoms with Gasteiger partial charge < -0.3 is 4.90 Å². The Morgan fingerprint density at radius 3 is 2.75 bits per heavy atom. The van der Waals surface area contributed by atoms with E-state index in [0.717, 1.165) is 47.0 Å². The molecule has 106 valence electrons. The molecule has 0 bridgehead atoms. The number of benzene rings is 1. The van der Waals surface area contributed by atoms with Crippen molar-refractivity contribution in [3.8, 4) is 0 Å². The van der Waals surface area contributed by atoms with E-state index in [2.05, 4.69) is 28.9 Å². The summed E-state index contributed by atoms with van der Waals surface area (Å²) < 4.78 is 0.891. The van der Waals surface area contributed by atoms with Crippen molar-refractivity contribution in [1.82, 2.24) is 4.90 Å². The molecule has 1 aromatic carbocycles. The Labute approximate surface area is 127 Å². The molecule has 0 saturated carbocycles. The highest BCUT2D eigenvalue weighted by Gasteiger charge is 2.50. The van der Waals surface area contributed by atoms with E-state index in [1.807, 2.05) is 13.0 Å². The van der Waals surface area contributed by atoms with Crippen molar-refractivity contribution < 1.29 is 9.59 Å². The molecule has 0 N–H and O–H groups in total. The number of nitrogens with zero attached hydrogens (tertiary/aromatic N) is 1. The van der Waals surface area contributed by atoms with Gasteiger partial charge in [0, 0.05) is 11.0 Å². The van der Waals surface area contributed by atoms with Crippen LogP contribution in [0.25, 0.3) is 0 Å². The van der Waals surface area contributed by atoms with Crippen LogP contribution < -0.4 is 0 Å². The monoisotopic (exact) mass is 335 g/mol. The normalized spacial score (nSPS) is 25.4. The average molecular weight is 336 g/mol. The number of carbonyl (C=O) groups is 2. The Balaban J connectivity index is 2.10. The maximum atomic E-state index is 12.6. The predicted molar refractivity (Wildman–Crippen MR) is 80.7 cm³/mol. The molecular formula is C16H18BrNO2. The molecule has 2 aliphatic rings. The largest absolute Gasteiger partial charge is 0.332 e. The molecule has 2 fully saturated rings. The van der Waals surface area contributed by atoms with Crippen LogP contribution in [0.4, 0.5) is 0 Å². The zero-order valence-corrected chi connectivity index (χ0v) is 13.4. The van der Waals surface area contributed by atoms with Crippen LogP contribution in [0.3, 0.4) is 0 Å². The molecule has 2 heterocycles. The van der Waals surface area contributed by atoms with Gasteiger partial charge in [0.25, 0.3) is 0 Å². The van der Waals surface area contributed by atoms with Crippen LogP contribution in [-0.4, -0.2) is 29.2 Å². The number of fused-ring (bicyclic) bond motifs is 1. The molecule has 1 aromatic rings. The van der Waals surface area contributed by atoms with Gasteiger partial charge in [-0.1, -0.05) is 28.9 Å². The van der Waals surface area contributed by atoms with Gasteiger partial charge >= 0.3 is 0 Å². The molecule has 20 heavy (non-hydrogen) atoms. The number of aryl methyl sites for hydroxylation is 2. The van der Waals surface area contributed by atoms with Crippen LogP contribution in [0.2, 0.25) is 0 Å². The Kier molecular flexibility index (Phi) is 3.44. The van der Waals surface area contributed by atoms with Crippen molar-refractivity contribution in [3.63, 3.8) is 0 Å². The van der Waals surface area contributed by atoms with E-state index in [9.17, 15) is 9.59 Å². The summed E-state index contributed by atoms with van der Waals surface area (Å²) in [6.07, 6.45) is 2.61. The molecule has 2 atom stereocenters. The van der Waals surface area contributed by atoms with Crippen molar-refractivity contribution in [1.29, 1.82) is 0 Å². The van der Waals surface area contributed by atoms with Crippen molar-refractivity contribution in [3.05, 3.63) is 33.3 Å². The molecular weight excluding hydrogens is 318 g/mol. The lowest BCUT2D eigenvalue weighted by atomic mass is 9.88. The third-order valence-electron chi connectivity index (χ3n) is 4.42. The van der Waals surface area contributed by atoms with Gasteiger partial charge in [-0.15, -0.1) is 0 Å².